The third kappa shape index (κ3) is 40.2. The minimum atomic E-state index is -1.18. The smallest absolute Gasteiger partial charge is 0.326 e. The van der Waals surface area contributed by atoms with Gasteiger partial charge in [-0.25, -0.2) is 4.79 Å². The number of hydrogen-bond acceptors (Lipinski definition) is 11. The molecule has 0 fully saturated rings. The van der Waals surface area contributed by atoms with E-state index in [0.29, 0.717) is 19.5 Å². The Morgan fingerprint density at radius 2 is 0.951 bits per heavy atom. The second-order valence-electron chi connectivity index (χ2n) is 15.3. The van der Waals surface area contributed by atoms with E-state index in [0.717, 1.165) is 69.8 Å². The van der Waals surface area contributed by atoms with Crippen molar-refractivity contribution in [3.05, 3.63) is 12.2 Å². The molecule has 8 N–H and O–H groups in total. The summed E-state index contributed by atoms with van der Waals surface area (Å²) in [6.45, 7) is 8.27. The number of carbonyl (C=O) groups is 6. The average molecular weight is 872 g/mol. The Kier molecular flexibility index (Phi) is 39.2. The van der Waals surface area contributed by atoms with Crippen molar-refractivity contribution in [2.75, 3.05) is 72.5 Å². The molecule has 0 rings (SSSR count). The maximum Gasteiger partial charge on any atom is 0.326 e. The lowest BCUT2D eigenvalue weighted by Gasteiger charge is -2.14. The van der Waals surface area contributed by atoms with Crippen molar-refractivity contribution in [2.45, 2.75) is 160 Å². The van der Waals surface area contributed by atoms with E-state index in [1.54, 1.807) is 0 Å². The molecule has 0 bridgehead atoms. The van der Waals surface area contributed by atoms with Crippen LogP contribution in [0.3, 0.4) is 0 Å². The fraction of sp³-hybridized carbons (Fsp3) is 0.818. The molecule has 0 aromatic heterocycles. The Balaban J connectivity index is 3.65. The first-order chi connectivity index (χ1) is 29.5. The minimum absolute atomic E-state index is 0.00639. The molecule has 17 heteroatoms. The van der Waals surface area contributed by atoms with Crippen LogP contribution in [0.5, 0.6) is 0 Å². The summed E-state index contributed by atoms with van der Waals surface area (Å²) in [6.07, 6.45) is 19.0. The van der Waals surface area contributed by atoms with Gasteiger partial charge in [0, 0.05) is 44.9 Å². The highest BCUT2D eigenvalue weighted by molar-refractivity contribution is 5.84. The molecule has 4 amide bonds. The molecule has 61 heavy (non-hydrogen) atoms. The van der Waals surface area contributed by atoms with E-state index in [9.17, 15) is 33.9 Å². The second-order valence-corrected chi connectivity index (χ2v) is 15.3. The summed E-state index contributed by atoms with van der Waals surface area (Å²) in [6, 6.07) is -1.13. The number of hydrogen-bond donors (Lipinski definition) is 7. The highest BCUT2D eigenvalue weighted by Gasteiger charge is 2.21. The summed E-state index contributed by atoms with van der Waals surface area (Å²) in [5.41, 5.74) is 7.07. The van der Waals surface area contributed by atoms with Crippen molar-refractivity contribution in [2.24, 2.45) is 5.73 Å². The Bertz CT molecular complexity index is 1190. The van der Waals surface area contributed by atoms with Gasteiger partial charge in [-0.05, 0) is 44.9 Å². The molecule has 0 spiro atoms. The van der Waals surface area contributed by atoms with E-state index in [1.165, 1.54) is 44.9 Å². The van der Waals surface area contributed by atoms with Gasteiger partial charge in [-0.1, -0.05) is 96.1 Å². The predicted octanol–water partition coefficient (Wildman–Crippen LogP) is 4.54. The van der Waals surface area contributed by atoms with Crippen LogP contribution in [0.2, 0.25) is 0 Å². The monoisotopic (exact) mass is 872 g/mol. The minimum Gasteiger partial charge on any atom is -0.481 e. The van der Waals surface area contributed by atoms with Crippen molar-refractivity contribution in [3.63, 3.8) is 0 Å². The third-order valence-electron chi connectivity index (χ3n) is 9.93. The SMILES string of the molecule is C=C(CC)[C@@H](N)CCCCNC(=O)COCCOCCNC(=O)COCCOCCNC(=O)CCC(NC(=O)CCCCCCCCCCCCCCCCC(=O)O)C(=O)O. The molecule has 0 aliphatic heterocycles. The summed E-state index contributed by atoms with van der Waals surface area (Å²) in [7, 11) is 0. The molecule has 17 nitrogen and oxygen atoms in total. The summed E-state index contributed by atoms with van der Waals surface area (Å²) < 4.78 is 21.4. The molecule has 0 aliphatic carbocycles. The first-order valence-electron chi connectivity index (χ1n) is 22.7. The first-order valence-corrected chi connectivity index (χ1v) is 22.7. The Hall–Kier alpha value is -3.64. The number of unbranched alkanes of at least 4 members (excludes halogenated alkanes) is 14. The van der Waals surface area contributed by atoms with E-state index < -0.39 is 18.0 Å². The Morgan fingerprint density at radius 3 is 1.43 bits per heavy atom. The van der Waals surface area contributed by atoms with Crippen LogP contribution < -0.4 is 27.0 Å². The first kappa shape index (κ1) is 57.4. The average Bonchev–Trinajstić information content (AvgIpc) is 3.23. The molecule has 0 saturated carbocycles. The number of nitrogens with two attached hydrogens (primary N) is 1. The molecule has 0 aromatic rings. The number of carboxylic acids is 2. The number of nitrogens with one attached hydrogen (secondary N) is 4. The highest BCUT2D eigenvalue weighted by Crippen LogP contribution is 2.14. The third-order valence-corrected chi connectivity index (χ3v) is 9.93. The largest absolute Gasteiger partial charge is 0.481 e. The van der Waals surface area contributed by atoms with Gasteiger partial charge in [-0.15, -0.1) is 0 Å². The molecular weight excluding hydrogens is 791 g/mol. The number of ether oxygens (including phenoxy) is 4. The van der Waals surface area contributed by atoms with Gasteiger partial charge in [0.05, 0.1) is 39.6 Å². The van der Waals surface area contributed by atoms with Crippen LogP contribution in [0.15, 0.2) is 12.2 Å². The fourth-order valence-electron chi connectivity index (χ4n) is 6.15. The van der Waals surface area contributed by atoms with E-state index in [2.05, 4.69) is 27.8 Å². The maximum atomic E-state index is 12.3. The van der Waals surface area contributed by atoms with Crippen LogP contribution in [-0.2, 0) is 47.7 Å². The van der Waals surface area contributed by atoms with Gasteiger partial charge in [0.2, 0.25) is 23.6 Å². The van der Waals surface area contributed by atoms with Crippen LogP contribution in [0.25, 0.3) is 0 Å². The van der Waals surface area contributed by atoms with E-state index in [1.807, 2.05) is 6.92 Å². The Morgan fingerprint density at radius 1 is 0.508 bits per heavy atom. The molecular formula is C44H81N5O12. The lowest BCUT2D eigenvalue weighted by atomic mass is 10.0. The van der Waals surface area contributed by atoms with Crippen molar-refractivity contribution >= 4 is 35.6 Å². The van der Waals surface area contributed by atoms with Crippen LogP contribution >= 0.6 is 0 Å². The number of carbonyl (C=O) groups excluding carboxylic acids is 4. The molecule has 2 atom stereocenters. The molecule has 354 valence electrons. The van der Waals surface area contributed by atoms with E-state index in [-0.39, 0.29) is 115 Å². The van der Waals surface area contributed by atoms with E-state index >= 15 is 0 Å². The zero-order chi connectivity index (χ0) is 45.2. The molecule has 0 radical (unpaired) electrons. The topological polar surface area (TPSA) is 254 Å². The van der Waals surface area contributed by atoms with Gasteiger partial charge in [-0.3, -0.25) is 24.0 Å². The maximum absolute atomic E-state index is 12.3. The normalized spacial score (nSPS) is 12.0. The number of amides is 4. The van der Waals surface area contributed by atoms with Crippen molar-refractivity contribution in [3.8, 4) is 0 Å². The zero-order valence-electron chi connectivity index (χ0n) is 37.3. The zero-order valence-corrected chi connectivity index (χ0v) is 37.3. The molecule has 0 aromatic carbocycles. The van der Waals surface area contributed by atoms with Crippen molar-refractivity contribution in [1.82, 2.24) is 21.3 Å². The number of rotatable bonds is 45. The summed E-state index contributed by atoms with van der Waals surface area (Å²) >= 11 is 0. The van der Waals surface area contributed by atoms with Crippen molar-refractivity contribution in [1.29, 1.82) is 0 Å². The second kappa shape index (κ2) is 41.7. The molecule has 1 unspecified atom stereocenters. The standard InChI is InChI=1S/C44H81N5O12/c1-3-36(2)37(45)20-18-19-25-46-41(52)34-60-32-31-59-29-27-48-42(53)35-61-33-30-58-28-26-47-39(50)24-23-38(44(56)57)49-40(51)21-16-14-12-10-8-6-4-5-7-9-11-13-15-17-22-43(54)55/h37-38H,2-35,45H2,1H3,(H,46,52)(H,47,50)(H,48,53)(H,49,51)(H,54,55)(H,56,57)/t37-,38?/m0/s1. The van der Waals surface area contributed by atoms with Gasteiger partial charge in [0.15, 0.2) is 0 Å². The molecule has 0 heterocycles. The van der Waals surface area contributed by atoms with Crippen LogP contribution in [0.1, 0.15) is 148 Å². The van der Waals surface area contributed by atoms with Crippen LogP contribution in [0.4, 0.5) is 0 Å². The summed E-state index contributed by atoms with van der Waals surface area (Å²) in [5.74, 6) is -3.06. The van der Waals surface area contributed by atoms with Gasteiger partial charge in [0.25, 0.3) is 0 Å². The fourth-order valence-corrected chi connectivity index (χ4v) is 6.15. The van der Waals surface area contributed by atoms with Gasteiger partial charge >= 0.3 is 11.9 Å². The van der Waals surface area contributed by atoms with Gasteiger partial charge < -0.3 is 56.2 Å². The van der Waals surface area contributed by atoms with Gasteiger partial charge in [0.1, 0.15) is 19.3 Å². The number of aliphatic carboxylic acids is 2. The molecule has 0 saturated heterocycles. The highest BCUT2D eigenvalue weighted by atomic mass is 16.5. The van der Waals surface area contributed by atoms with Crippen LogP contribution in [0, 0.1) is 0 Å². The lowest BCUT2D eigenvalue weighted by Crippen LogP contribution is -2.41. The summed E-state index contributed by atoms with van der Waals surface area (Å²) in [5, 5.41) is 28.8. The quantitative estimate of drug-likeness (QED) is 0.0328. The van der Waals surface area contributed by atoms with Gasteiger partial charge in [-0.2, -0.15) is 0 Å². The predicted molar refractivity (Wildman–Crippen MR) is 234 cm³/mol. The van der Waals surface area contributed by atoms with Crippen LogP contribution in [-0.4, -0.2) is 130 Å². The lowest BCUT2D eigenvalue weighted by molar-refractivity contribution is -0.142. The molecule has 0 aliphatic rings. The van der Waals surface area contributed by atoms with Crippen molar-refractivity contribution < 1.29 is 57.9 Å². The van der Waals surface area contributed by atoms with E-state index in [4.69, 9.17) is 29.8 Å². The number of carboxylic acid groups (broad SMARTS) is 2. The summed E-state index contributed by atoms with van der Waals surface area (Å²) in [4.78, 5) is 70.4. The Labute approximate surface area is 364 Å².